The quantitative estimate of drug-likeness (QED) is 0.126. The molecule has 0 aliphatic carbocycles. The number of hydrogen-bond acceptors (Lipinski definition) is 7. The molecule has 0 saturated carbocycles. The number of furan rings is 1. The van der Waals surface area contributed by atoms with Crippen LogP contribution < -0.4 is 15.4 Å². The van der Waals surface area contributed by atoms with Crippen LogP contribution >= 0.6 is 11.6 Å². The molecule has 45 heavy (non-hydrogen) atoms. The molecule has 0 aliphatic heterocycles. The lowest BCUT2D eigenvalue weighted by molar-refractivity contribution is -0.139. The van der Waals surface area contributed by atoms with Gasteiger partial charge in [-0.05, 0) is 72.1 Å². The highest BCUT2D eigenvalue weighted by molar-refractivity contribution is 6.32. The van der Waals surface area contributed by atoms with Gasteiger partial charge < -0.3 is 19.6 Å². The SMILES string of the molecule is O=C(O)C(Cc1ccccc1)NCc1ccc(Cc2ccc3ncnc(Nc4ccc(Oc5cccc(F)c5)c(Cl)c4)c3c2)o1. The van der Waals surface area contributed by atoms with E-state index in [0.717, 1.165) is 27.8 Å². The van der Waals surface area contributed by atoms with E-state index in [4.69, 9.17) is 20.8 Å². The second-order valence-corrected chi connectivity index (χ2v) is 10.8. The van der Waals surface area contributed by atoms with Crippen molar-refractivity contribution in [1.82, 2.24) is 15.3 Å². The Hall–Kier alpha value is -5.25. The minimum atomic E-state index is -0.913. The lowest BCUT2D eigenvalue weighted by atomic mass is 10.1. The lowest BCUT2D eigenvalue weighted by Gasteiger charge is -2.13. The van der Waals surface area contributed by atoms with Crippen molar-refractivity contribution >= 4 is 40.0 Å². The first kappa shape index (κ1) is 29.8. The number of aliphatic carboxylic acids is 1. The molecule has 2 aromatic heterocycles. The van der Waals surface area contributed by atoms with Gasteiger partial charge in [0.15, 0.2) is 0 Å². The Morgan fingerprint density at radius 3 is 2.56 bits per heavy atom. The summed E-state index contributed by atoms with van der Waals surface area (Å²) in [5.74, 6) is 1.42. The van der Waals surface area contributed by atoms with E-state index in [1.165, 1.54) is 18.5 Å². The Bertz CT molecular complexity index is 1950. The summed E-state index contributed by atoms with van der Waals surface area (Å²) < 4.78 is 25.3. The molecule has 0 aliphatic rings. The highest BCUT2D eigenvalue weighted by atomic mass is 35.5. The minimum Gasteiger partial charge on any atom is -0.480 e. The Morgan fingerprint density at radius 1 is 0.911 bits per heavy atom. The van der Waals surface area contributed by atoms with Crippen LogP contribution in [0.4, 0.5) is 15.9 Å². The second-order valence-electron chi connectivity index (χ2n) is 10.4. The van der Waals surface area contributed by atoms with Gasteiger partial charge in [-0.2, -0.15) is 0 Å². The summed E-state index contributed by atoms with van der Waals surface area (Å²) in [6.07, 6.45) is 2.38. The number of rotatable bonds is 12. The molecule has 1 atom stereocenters. The van der Waals surface area contributed by atoms with Gasteiger partial charge in [-0.1, -0.05) is 54.1 Å². The van der Waals surface area contributed by atoms with Crippen LogP contribution in [0.15, 0.2) is 114 Å². The molecule has 0 bridgehead atoms. The van der Waals surface area contributed by atoms with E-state index in [9.17, 15) is 14.3 Å². The fourth-order valence-electron chi connectivity index (χ4n) is 4.90. The van der Waals surface area contributed by atoms with E-state index in [2.05, 4.69) is 20.6 Å². The number of fused-ring (bicyclic) bond motifs is 1. The van der Waals surface area contributed by atoms with Crippen molar-refractivity contribution in [3.63, 3.8) is 0 Å². The van der Waals surface area contributed by atoms with E-state index in [0.29, 0.717) is 46.6 Å². The summed E-state index contributed by atoms with van der Waals surface area (Å²) in [5.41, 5.74) is 3.38. The van der Waals surface area contributed by atoms with Crippen molar-refractivity contribution in [3.05, 3.63) is 143 Å². The first-order valence-electron chi connectivity index (χ1n) is 14.2. The molecular formula is C35H28ClFN4O4. The van der Waals surface area contributed by atoms with E-state index in [1.54, 1.807) is 30.3 Å². The number of aromatic nitrogens is 2. The van der Waals surface area contributed by atoms with E-state index >= 15 is 0 Å². The summed E-state index contributed by atoms with van der Waals surface area (Å²) in [7, 11) is 0. The maximum Gasteiger partial charge on any atom is 0.321 e. The van der Waals surface area contributed by atoms with Crippen molar-refractivity contribution in [2.24, 2.45) is 0 Å². The van der Waals surface area contributed by atoms with Gasteiger partial charge in [0.1, 0.15) is 47.0 Å². The number of hydrogen-bond donors (Lipinski definition) is 3. The number of carboxylic acids is 1. The topological polar surface area (TPSA) is 110 Å². The molecule has 0 radical (unpaired) electrons. The summed E-state index contributed by atoms with van der Waals surface area (Å²) in [6.45, 7) is 0.290. The van der Waals surface area contributed by atoms with Crippen LogP contribution in [0.25, 0.3) is 10.9 Å². The molecule has 6 aromatic rings. The van der Waals surface area contributed by atoms with Crippen LogP contribution in [0.1, 0.15) is 22.6 Å². The second kappa shape index (κ2) is 13.6. The van der Waals surface area contributed by atoms with Crippen LogP contribution in [0.5, 0.6) is 11.5 Å². The van der Waals surface area contributed by atoms with Crippen molar-refractivity contribution in [2.75, 3.05) is 5.32 Å². The van der Waals surface area contributed by atoms with Crippen molar-refractivity contribution in [1.29, 1.82) is 0 Å². The fourth-order valence-corrected chi connectivity index (χ4v) is 5.12. The number of carbonyl (C=O) groups is 1. The van der Waals surface area contributed by atoms with Crippen LogP contribution in [0, 0.1) is 5.82 Å². The van der Waals surface area contributed by atoms with Gasteiger partial charge in [-0.25, -0.2) is 14.4 Å². The van der Waals surface area contributed by atoms with Crippen LogP contribution in [0.2, 0.25) is 5.02 Å². The molecule has 4 aromatic carbocycles. The Morgan fingerprint density at radius 2 is 1.76 bits per heavy atom. The van der Waals surface area contributed by atoms with Crippen LogP contribution in [0.3, 0.4) is 0 Å². The lowest BCUT2D eigenvalue weighted by Crippen LogP contribution is -2.38. The first-order valence-corrected chi connectivity index (χ1v) is 14.6. The number of benzene rings is 4. The third-order valence-electron chi connectivity index (χ3n) is 7.12. The van der Waals surface area contributed by atoms with Gasteiger partial charge >= 0.3 is 5.97 Å². The molecule has 0 saturated heterocycles. The van der Waals surface area contributed by atoms with E-state index in [-0.39, 0.29) is 6.54 Å². The van der Waals surface area contributed by atoms with Gasteiger partial charge in [-0.3, -0.25) is 10.1 Å². The first-order chi connectivity index (χ1) is 21.9. The number of nitrogens with zero attached hydrogens (tertiary/aromatic N) is 2. The maximum absolute atomic E-state index is 13.5. The van der Waals surface area contributed by atoms with Gasteiger partial charge in [-0.15, -0.1) is 0 Å². The van der Waals surface area contributed by atoms with Gasteiger partial charge in [0, 0.05) is 23.6 Å². The zero-order valence-corrected chi connectivity index (χ0v) is 24.7. The summed E-state index contributed by atoms with van der Waals surface area (Å²) >= 11 is 6.48. The standard InChI is InChI=1S/C35H28ClFN4O4/c36-30-19-25(10-14-33(30)45-26-8-4-7-24(37)18-26)41-34-29-16-23(9-13-31(29)39-21-40-34)15-27-11-12-28(44-27)20-38-32(35(42)43)17-22-5-2-1-3-6-22/h1-14,16,18-19,21,32,38H,15,17,20H2,(H,42,43)(H,39,40,41). The predicted octanol–water partition coefficient (Wildman–Crippen LogP) is 7.93. The van der Waals surface area contributed by atoms with Crippen molar-refractivity contribution < 1.29 is 23.4 Å². The van der Waals surface area contributed by atoms with Crippen LogP contribution in [-0.4, -0.2) is 27.1 Å². The molecule has 8 nitrogen and oxygen atoms in total. The van der Waals surface area contributed by atoms with E-state index in [1.807, 2.05) is 60.7 Å². The van der Waals surface area contributed by atoms with Crippen molar-refractivity contribution in [3.8, 4) is 11.5 Å². The normalized spacial score (nSPS) is 11.8. The molecule has 0 spiro atoms. The Kier molecular flexibility index (Phi) is 9.00. The van der Waals surface area contributed by atoms with Gasteiger partial charge in [0.2, 0.25) is 0 Å². The highest BCUT2D eigenvalue weighted by Gasteiger charge is 2.18. The fraction of sp³-hybridized carbons (Fsp3) is 0.114. The number of anilines is 2. The molecule has 6 rings (SSSR count). The monoisotopic (exact) mass is 622 g/mol. The van der Waals surface area contributed by atoms with Gasteiger partial charge in [0.25, 0.3) is 0 Å². The predicted molar refractivity (Wildman–Crippen MR) is 171 cm³/mol. The molecule has 226 valence electrons. The summed E-state index contributed by atoms with van der Waals surface area (Å²) in [5, 5.41) is 17.2. The highest BCUT2D eigenvalue weighted by Crippen LogP contribution is 2.33. The average Bonchev–Trinajstić information content (AvgIpc) is 3.48. The molecule has 2 heterocycles. The summed E-state index contributed by atoms with van der Waals surface area (Å²) in [6, 6.07) is 29.5. The number of carboxylic acid groups (broad SMARTS) is 1. The maximum atomic E-state index is 13.5. The molecule has 3 N–H and O–H groups in total. The molecule has 1 unspecified atom stereocenters. The molecule has 0 fully saturated rings. The van der Waals surface area contributed by atoms with Crippen molar-refractivity contribution in [2.45, 2.75) is 25.4 Å². The zero-order chi connectivity index (χ0) is 31.2. The van der Waals surface area contributed by atoms with Gasteiger partial charge in [0.05, 0.1) is 17.1 Å². The Labute approximate surface area is 263 Å². The smallest absolute Gasteiger partial charge is 0.321 e. The number of nitrogens with one attached hydrogen (secondary N) is 2. The van der Waals surface area contributed by atoms with E-state index < -0.39 is 17.8 Å². The zero-order valence-electron chi connectivity index (χ0n) is 23.9. The molecule has 10 heteroatoms. The molecule has 0 amide bonds. The third-order valence-corrected chi connectivity index (χ3v) is 7.41. The summed E-state index contributed by atoms with van der Waals surface area (Å²) in [4.78, 5) is 20.6. The molecular weight excluding hydrogens is 595 g/mol. The number of ether oxygens (including phenoxy) is 1. The van der Waals surface area contributed by atoms with Crippen LogP contribution in [-0.2, 0) is 24.2 Å². The number of halogens is 2. The third kappa shape index (κ3) is 7.64. The minimum absolute atomic E-state index is 0.290. The average molecular weight is 623 g/mol. The Balaban J connectivity index is 1.12. The largest absolute Gasteiger partial charge is 0.480 e.